The summed E-state index contributed by atoms with van der Waals surface area (Å²) in [5, 5.41) is 13.2. The molecule has 1 saturated carbocycles. The van der Waals surface area contributed by atoms with E-state index in [9.17, 15) is 22.7 Å². The van der Waals surface area contributed by atoms with E-state index in [-0.39, 0.29) is 16.9 Å². The maximum Gasteiger partial charge on any atom is 0.361 e. The second-order valence-corrected chi connectivity index (χ2v) is 11.7. The number of hydrogen-bond acceptors (Lipinski definition) is 8. The lowest BCUT2D eigenvalue weighted by Gasteiger charge is -2.27. The highest BCUT2D eigenvalue weighted by Crippen LogP contribution is 2.37. The molecule has 2 heterocycles. The van der Waals surface area contributed by atoms with E-state index in [4.69, 9.17) is 4.74 Å². The Hall–Kier alpha value is -3.12. The van der Waals surface area contributed by atoms with Crippen LogP contribution in [0.2, 0.25) is 0 Å². The van der Waals surface area contributed by atoms with Crippen molar-refractivity contribution in [3.05, 3.63) is 40.8 Å². The first-order chi connectivity index (χ1) is 16.5. The van der Waals surface area contributed by atoms with E-state index in [0.717, 1.165) is 24.2 Å². The summed E-state index contributed by atoms with van der Waals surface area (Å²) in [6.07, 6.45) is 6.98. The molecule has 2 N–H and O–H groups in total. The molecule has 9 nitrogen and oxygen atoms in total. The highest BCUT2D eigenvalue weighted by molar-refractivity contribution is 7.84. The SMILES string of the molecule is Cc1c(C(=O)O)sc2ncnc(Nc3ccc(F)cc3OC3CCC(C=[N+](C)S(C)(=O)=O)CC3)c12. The maximum absolute atomic E-state index is 14.1. The van der Waals surface area contributed by atoms with Gasteiger partial charge in [0.1, 0.15) is 33.4 Å². The molecule has 0 spiro atoms. The number of fused-ring (bicyclic) bond motifs is 1. The number of nitrogens with zero attached hydrogens (tertiary/aromatic N) is 3. The van der Waals surface area contributed by atoms with Gasteiger partial charge in [0.05, 0.1) is 23.4 Å². The highest BCUT2D eigenvalue weighted by atomic mass is 32.2. The molecule has 4 rings (SSSR count). The molecular formula is C23H26FN4O5S2+. The third-order valence-electron chi connectivity index (χ3n) is 6.07. The normalized spacial score (nSPS) is 19.0. The van der Waals surface area contributed by atoms with Crippen LogP contribution in [-0.2, 0) is 10.0 Å². The number of sulfonamides is 1. The van der Waals surface area contributed by atoms with Crippen molar-refractivity contribution in [3.63, 3.8) is 0 Å². The lowest BCUT2D eigenvalue weighted by Crippen LogP contribution is -2.28. The zero-order valence-electron chi connectivity index (χ0n) is 19.5. The van der Waals surface area contributed by atoms with Crippen LogP contribution < -0.4 is 10.1 Å². The van der Waals surface area contributed by atoms with Gasteiger partial charge in [0, 0.05) is 12.0 Å². The minimum atomic E-state index is -3.27. The predicted octanol–water partition coefficient (Wildman–Crippen LogP) is 4.19. The summed E-state index contributed by atoms with van der Waals surface area (Å²) < 4.78 is 44.8. The van der Waals surface area contributed by atoms with Crippen LogP contribution in [-0.4, -0.2) is 59.1 Å². The first-order valence-corrected chi connectivity index (χ1v) is 13.7. The fourth-order valence-corrected chi connectivity index (χ4v) is 5.52. The number of anilines is 2. The smallest absolute Gasteiger partial charge is 0.361 e. The highest BCUT2D eigenvalue weighted by Gasteiger charge is 2.26. The van der Waals surface area contributed by atoms with Gasteiger partial charge in [0.15, 0.2) is 13.3 Å². The number of carboxylic acids is 1. The second kappa shape index (κ2) is 9.86. The van der Waals surface area contributed by atoms with Crippen LogP contribution in [0.4, 0.5) is 15.9 Å². The molecule has 0 amide bonds. The molecule has 186 valence electrons. The van der Waals surface area contributed by atoms with Crippen molar-refractivity contribution in [1.82, 2.24) is 9.97 Å². The summed E-state index contributed by atoms with van der Waals surface area (Å²) in [5.41, 5.74) is 1.05. The zero-order chi connectivity index (χ0) is 25.3. The molecular weight excluding hydrogens is 495 g/mol. The van der Waals surface area contributed by atoms with E-state index in [1.54, 1.807) is 19.2 Å². The Morgan fingerprint density at radius 3 is 2.66 bits per heavy atom. The summed E-state index contributed by atoms with van der Waals surface area (Å²) in [4.78, 5) is 20.8. The number of nitrogens with one attached hydrogen (secondary N) is 1. The Morgan fingerprint density at radius 1 is 1.29 bits per heavy atom. The van der Waals surface area contributed by atoms with Crippen LogP contribution in [0.3, 0.4) is 0 Å². The van der Waals surface area contributed by atoms with Gasteiger partial charge in [-0.15, -0.1) is 15.3 Å². The fourth-order valence-electron chi connectivity index (χ4n) is 4.14. The number of carboxylic acid groups (broad SMARTS) is 1. The summed E-state index contributed by atoms with van der Waals surface area (Å²) in [6, 6.07) is 4.17. The minimum absolute atomic E-state index is 0.124. The lowest BCUT2D eigenvalue weighted by molar-refractivity contribution is -0.323. The van der Waals surface area contributed by atoms with Crippen LogP contribution in [0.5, 0.6) is 5.75 Å². The van der Waals surface area contributed by atoms with Crippen LogP contribution in [0.15, 0.2) is 24.5 Å². The van der Waals surface area contributed by atoms with Crippen molar-refractivity contribution in [2.75, 3.05) is 18.6 Å². The minimum Gasteiger partial charge on any atom is -0.488 e. The van der Waals surface area contributed by atoms with Gasteiger partial charge < -0.3 is 15.2 Å². The number of carbonyl (C=O) groups is 1. The van der Waals surface area contributed by atoms with Crippen LogP contribution in [0.1, 0.15) is 40.9 Å². The lowest BCUT2D eigenvalue weighted by atomic mass is 9.88. The third-order valence-corrected chi connectivity index (χ3v) is 8.43. The molecule has 0 saturated heterocycles. The molecule has 2 aromatic heterocycles. The molecule has 0 aliphatic heterocycles. The standard InChI is InChI=1S/C23H25FN4O5S2/c1-13-19-21(25-12-26-22(19)34-20(13)23(29)30)27-17-9-6-15(24)10-18(17)33-16-7-4-14(5-8-16)11-28(2)35(3,31)32/h6,9-12,14,16H,4-5,7-8H2,1-3H3,(H-,25,26,27,29,30)/p+1. The first-order valence-electron chi connectivity index (χ1n) is 11.0. The van der Waals surface area contributed by atoms with Gasteiger partial charge >= 0.3 is 16.0 Å². The summed E-state index contributed by atoms with van der Waals surface area (Å²) in [5.74, 6) is -0.620. The van der Waals surface area contributed by atoms with Crippen LogP contribution in [0.25, 0.3) is 10.2 Å². The van der Waals surface area contributed by atoms with Crippen molar-refractivity contribution < 1.29 is 31.4 Å². The second-order valence-electron chi connectivity index (χ2n) is 8.61. The molecule has 1 aliphatic rings. The van der Waals surface area contributed by atoms with Gasteiger partial charge in [-0.1, -0.05) is 0 Å². The zero-order valence-corrected chi connectivity index (χ0v) is 21.1. The molecule has 1 aromatic carbocycles. The Balaban J connectivity index is 1.54. The van der Waals surface area contributed by atoms with E-state index in [2.05, 4.69) is 15.3 Å². The van der Waals surface area contributed by atoms with Gasteiger partial charge in [-0.05, 0) is 50.3 Å². The Labute approximate surface area is 206 Å². The number of thiophene rings is 1. The molecule has 0 bridgehead atoms. The van der Waals surface area contributed by atoms with Gasteiger partial charge in [-0.3, -0.25) is 0 Å². The first kappa shape index (κ1) is 25.0. The van der Waals surface area contributed by atoms with E-state index in [1.165, 1.54) is 35.7 Å². The molecule has 35 heavy (non-hydrogen) atoms. The van der Waals surface area contributed by atoms with Crippen molar-refractivity contribution in [2.24, 2.45) is 5.92 Å². The molecule has 12 heteroatoms. The van der Waals surface area contributed by atoms with Crippen molar-refractivity contribution in [2.45, 2.75) is 38.7 Å². The summed E-state index contributed by atoms with van der Waals surface area (Å²) >= 11 is 1.07. The number of ether oxygens (including phenoxy) is 1. The predicted molar refractivity (Wildman–Crippen MR) is 132 cm³/mol. The number of benzene rings is 1. The molecule has 0 atom stereocenters. The van der Waals surface area contributed by atoms with Crippen LogP contribution in [0, 0.1) is 18.7 Å². The van der Waals surface area contributed by atoms with Gasteiger partial charge in [0.25, 0.3) is 0 Å². The van der Waals surface area contributed by atoms with E-state index < -0.39 is 21.8 Å². The van der Waals surface area contributed by atoms with E-state index >= 15 is 0 Å². The number of aromatic carboxylic acids is 1. The van der Waals surface area contributed by atoms with Gasteiger partial charge in [-0.2, -0.15) is 8.42 Å². The quantitative estimate of drug-likeness (QED) is 0.351. The van der Waals surface area contributed by atoms with Gasteiger partial charge in [0.2, 0.25) is 0 Å². The average molecular weight is 522 g/mol. The number of halogens is 1. The monoisotopic (exact) mass is 521 g/mol. The van der Waals surface area contributed by atoms with Crippen LogP contribution >= 0.6 is 11.3 Å². The largest absolute Gasteiger partial charge is 0.488 e. The Morgan fingerprint density at radius 2 is 2.00 bits per heavy atom. The topological polar surface area (TPSA) is 121 Å². The summed E-state index contributed by atoms with van der Waals surface area (Å²) in [6.45, 7) is 1.70. The average Bonchev–Trinajstić information content (AvgIpc) is 3.14. The number of aromatic nitrogens is 2. The molecule has 3 aromatic rings. The number of rotatable bonds is 7. The third kappa shape index (κ3) is 5.59. The van der Waals surface area contributed by atoms with Gasteiger partial charge in [-0.25, -0.2) is 19.2 Å². The Bertz CT molecular complexity index is 1410. The number of aryl methyl sites for hydroxylation is 1. The summed E-state index contributed by atoms with van der Waals surface area (Å²) in [7, 11) is -1.74. The van der Waals surface area contributed by atoms with Crippen molar-refractivity contribution >= 4 is 55.3 Å². The van der Waals surface area contributed by atoms with Crippen molar-refractivity contribution in [3.8, 4) is 5.75 Å². The fraction of sp³-hybridized carbons (Fsp3) is 0.391. The molecule has 0 unspecified atom stereocenters. The maximum atomic E-state index is 14.1. The molecule has 1 fully saturated rings. The van der Waals surface area contributed by atoms with E-state index in [0.29, 0.717) is 45.9 Å². The van der Waals surface area contributed by atoms with Crippen molar-refractivity contribution in [1.29, 1.82) is 0 Å². The molecule has 1 aliphatic carbocycles. The molecule has 0 radical (unpaired) electrons. The Kier molecular flexibility index (Phi) is 7.04. The number of hydrogen-bond donors (Lipinski definition) is 2. The van der Waals surface area contributed by atoms with E-state index in [1.807, 2.05) is 0 Å².